The SMILES string of the molecule is CC(=O)[C@H]1CC[C@@]2(O)[C@@H]3CC=C4CC(O)CC[C@]4(C)[C@H]3CC(=O)[C@]12C. The average molecular weight is 346 g/mol. The molecule has 3 fully saturated rings. The number of ketones is 2. The summed E-state index contributed by atoms with van der Waals surface area (Å²) < 4.78 is 0. The fourth-order valence-electron chi connectivity index (χ4n) is 6.97. The highest BCUT2D eigenvalue weighted by molar-refractivity contribution is 5.94. The first-order valence-corrected chi connectivity index (χ1v) is 9.78. The van der Waals surface area contributed by atoms with E-state index in [1.54, 1.807) is 6.92 Å². The van der Waals surface area contributed by atoms with Crippen molar-refractivity contribution in [1.82, 2.24) is 0 Å². The molecule has 0 bridgehead atoms. The minimum atomic E-state index is -1.08. The van der Waals surface area contributed by atoms with Gasteiger partial charge in [0.25, 0.3) is 0 Å². The third-order valence-corrected chi connectivity index (χ3v) is 8.61. The number of hydrogen-bond donors (Lipinski definition) is 2. The quantitative estimate of drug-likeness (QED) is 0.716. The first kappa shape index (κ1) is 17.4. The molecule has 0 aromatic heterocycles. The fraction of sp³-hybridized carbons (Fsp3) is 0.810. The molecule has 0 aliphatic heterocycles. The summed E-state index contributed by atoms with van der Waals surface area (Å²) in [5.41, 5.74) is -0.850. The first-order valence-electron chi connectivity index (χ1n) is 9.78. The molecule has 0 spiro atoms. The summed E-state index contributed by atoms with van der Waals surface area (Å²) in [6.45, 7) is 5.62. The van der Waals surface area contributed by atoms with Gasteiger partial charge in [0.1, 0.15) is 11.6 Å². The van der Waals surface area contributed by atoms with Gasteiger partial charge in [-0.3, -0.25) is 9.59 Å². The minimum absolute atomic E-state index is 0.0311. The van der Waals surface area contributed by atoms with E-state index in [9.17, 15) is 19.8 Å². The van der Waals surface area contributed by atoms with Crippen molar-refractivity contribution >= 4 is 11.6 Å². The Labute approximate surface area is 149 Å². The lowest BCUT2D eigenvalue weighted by atomic mass is 9.45. The van der Waals surface area contributed by atoms with Crippen molar-refractivity contribution in [3.63, 3.8) is 0 Å². The highest BCUT2D eigenvalue weighted by Gasteiger charge is 2.70. The smallest absolute Gasteiger partial charge is 0.142 e. The second-order valence-electron chi connectivity index (χ2n) is 9.45. The van der Waals surface area contributed by atoms with Crippen molar-refractivity contribution in [2.75, 3.05) is 0 Å². The lowest BCUT2D eigenvalue weighted by molar-refractivity contribution is -0.187. The second kappa shape index (κ2) is 5.26. The summed E-state index contributed by atoms with van der Waals surface area (Å²) >= 11 is 0. The standard InChI is InChI=1S/C21H30O4/c1-12(22)15-7-9-21(25)16-5-4-13-10-14(23)6-8-19(13,2)17(16)11-18(24)20(15,21)3/h4,14-17,23,25H,5-11H2,1-3H3/t14?,15-,16-,17+,19+,20+,21-/m1/s1. The summed E-state index contributed by atoms with van der Waals surface area (Å²) in [4.78, 5) is 25.5. The maximum Gasteiger partial charge on any atom is 0.142 e. The van der Waals surface area contributed by atoms with Crippen LogP contribution in [0.25, 0.3) is 0 Å². The van der Waals surface area contributed by atoms with Crippen LogP contribution < -0.4 is 0 Å². The number of aliphatic hydroxyl groups is 2. The molecule has 4 nitrogen and oxygen atoms in total. The second-order valence-corrected chi connectivity index (χ2v) is 9.45. The van der Waals surface area contributed by atoms with E-state index in [1.165, 1.54) is 5.57 Å². The van der Waals surface area contributed by atoms with Crippen LogP contribution in [0.4, 0.5) is 0 Å². The predicted molar refractivity (Wildman–Crippen MR) is 93.7 cm³/mol. The van der Waals surface area contributed by atoms with Gasteiger partial charge >= 0.3 is 0 Å². The zero-order chi connectivity index (χ0) is 18.2. The van der Waals surface area contributed by atoms with Crippen molar-refractivity contribution < 1.29 is 19.8 Å². The molecule has 0 aromatic rings. The van der Waals surface area contributed by atoms with Gasteiger partial charge in [0.05, 0.1) is 17.1 Å². The average Bonchev–Trinajstić information content (AvgIpc) is 2.83. The van der Waals surface area contributed by atoms with Gasteiger partial charge in [-0.25, -0.2) is 0 Å². The Bertz CT molecular complexity index is 667. The van der Waals surface area contributed by atoms with E-state index in [1.807, 2.05) is 6.92 Å². The molecule has 4 rings (SSSR count). The van der Waals surface area contributed by atoms with Crippen molar-refractivity contribution in [3.05, 3.63) is 11.6 Å². The largest absolute Gasteiger partial charge is 0.393 e. The number of rotatable bonds is 1. The zero-order valence-electron chi connectivity index (χ0n) is 15.5. The lowest BCUT2D eigenvalue weighted by Gasteiger charge is -2.60. The number of aliphatic hydroxyl groups excluding tert-OH is 1. The van der Waals surface area contributed by atoms with Crippen LogP contribution in [0, 0.1) is 28.6 Å². The predicted octanol–water partition coefficient (Wildman–Crippen LogP) is 2.81. The molecule has 4 aliphatic carbocycles. The monoisotopic (exact) mass is 346 g/mol. The molecule has 2 N–H and O–H groups in total. The van der Waals surface area contributed by atoms with Gasteiger partial charge in [0.15, 0.2) is 0 Å². The number of hydrogen-bond acceptors (Lipinski definition) is 4. The molecule has 0 radical (unpaired) electrons. The van der Waals surface area contributed by atoms with Gasteiger partial charge in [-0.2, -0.15) is 0 Å². The van der Waals surface area contributed by atoms with Crippen LogP contribution in [0.1, 0.15) is 65.7 Å². The van der Waals surface area contributed by atoms with E-state index in [-0.39, 0.29) is 40.8 Å². The van der Waals surface area contributed by atoms with Gasteiger partial charge in [-0.1, -0.05) is 18.6 Å². The third-order valence-electron chi connectivity index (χ3n) is 8.61. The summed E-state index contributed by atoms with van der Waals surface area (Å²) in [5.74, 6) is -0.0936. The Kier molecular flexibility index (Phi) is 3.66. The van der Waals surface area contributed by atoms with Crippen LogP contribution in [0.3, 0.4) is 0 Å². The first-order chi connectivity index (χ1) is 11.6. The summed E-state index contributed by atoms with van der Waals surface area (Å²) in [6, 6.07) is 0. The normalized spacial score (nSPS) is 52.0. The summed E-state index contributed by atoms with van der Waals surface area (Å²) in [7, 11) is 0. The Morgan fingerprint density at radius 1 is 1.16 bits per heavy atom. The topological polar surface area (TPSA) is 74.6 Å². The number of allylic oxidation sites excluding steroid dienone is 1. The van der Waals surface area contributed by atoms with Gasteiger partial charge in [0, 0.05) is 12.3 Å². The third kappa shape index (κ3) is 2.01. The van der Waals surface area contributed by atoms with E-state index in [4.69, 9.17) is 0 Å². The molecular formula is C21H30O4. The molecule has 4 aliphatic rings. The fourth-order valence-corrected chi connectivity index (χ4v) is 6.97. The van der Waals surface area contributed by atoms with E-state index >= 15 is 0 Å². The zero-order valence-corrected chi connectivity index (χ0v) is 15.5. The molecule has 7 atom stereocenters. The Morgan fingerprint density at radius 2 is 1.88 bits per heavy atom. The molecule has 0 heterocycles. The van der Waals surface area contributed by atoms with Crippen LogP contribution in [-0.4, -0.2) is 33.5 Å². The summed E-state index contributed by atoms with van der Waals surface area (Å²) in [5, 5.41) is 21.8. The van der Waals surface area contributed by atoms with Crippen LogP contribution in [0.5, 0.6) is 0 Å². The molecule has 3 saturated carbocycles. The van der Waals surface area contributed by atoms with Gasteiger partial charge < -0.3 is 10.2 Å². The molecule has 0 aromatic carbocycles. The molecule has 4 heteroatoms. The van der Waals surface area contributed by atoms with Gasteiger partial charge in [-0.15, -0.1) is 0 Å². The molecule has 25 heavy (non-hydrogen) atoms. The van der Waals surface area contributed by atoms with E-state index in [0.29, 0.717) is 25.7 Å². The molecular weight excluding hydrogens is 316 g/mol. The number of Topliss-reactive ketones (excluding diaryl/α,β-unsaturated/α-hetero) is 2. The summed E-state index contributed by atoms with van der Waals surface area (Å²) in [6.07, 6.45) is 6.64. The number of carbonyl (C=O) groups is 2. The van der Waals surface area contributed by atoms with Crippen molar-refractivity contribution in [2.24, 2.45) is 28.6 Å². The lowest BCUT2D eigenvalue weighted by Crippen LogP contribution is -2.64. The van der Waals surface area contributed by atoms with Crippen molar-refractivity contribution in [3.8, 4) is 0 Å². The number of carbonyl (C=O) groups excluding carboxylic acids is 2. The molecule has 0 saturated heterocycles. The van der Waals surface area contributed by atoms with Crippen LogP contribution in [0.15, 0.2) is 11.6 Å². The van der Waals surface area contributed by atoms with E-state index < -0.39 is 11.0 Å². The van der Waals surface area contributed by atoms with Crippen molar-refractivity contribution in [1.29, 1.82) is 0 Å². The molecule has 138 valence electrons. The van der Waals surface area contributed by atoms with Crippen LogP contribution in [0.2, 0.25) is 0 Å². The highest BCUT2D eigenvalue weighted by atomic mass is 16.3. The van der Waals surface area contributed by atoms with E-state index in [0.717, 1.165) is 19.3 Å². The van der Waals surface area contributed by atoms with Gasteiger partial charge in [-0.05, 0) is 69.6 Å². The maximum atomic E-state index is 13.3. The maximum absolute atomic E-state index is 13.3. The minimum Gasteiger partial charge on any atom is -0.393 e. The van der Waals surface area contributed by atoms with Gasteiger partial charge in [0.2, 0.25) is 0 Å². The highest BCUT2D eigenvalue weighted by Crippen LogP contribution is 2.66. The number of fused-ring (bicyclic) bond motifs is 5. The molecule has 1 unspecified atom stereocenters. The van der Waals surface area contributed by atoms with E-state index in [2.05, 4.69) is 13.0 Å². The van der Waals surface area contributed by atoms with Crippen LogP contribution >= 0.6 is 0 Å². The molecule has 0 amide bonds. The van der Waals surface area contributed by atoms with Crippen molar-refractivity contribution in [2.45, 2.75) is 77.4 Å². The Morgan fingerprint density at radius 3 is 2.56 bits per heavy atom. The Balaban J connectivity index is 1.79. The van der Waals surface area contributed by atoms with Crippen LogP contribution in [-0.2, 0) is 9.59 Å². The Hall–Kier alpha value is -1.00.